The summed E-state index contributed by atoms with van der Waals surface area (Å²) in [5, 5.41) is 3.33. The Kier molecular flexibility index (Phi) is 3.74. The molecule has 0 unspecified atom stereocenters. The van der Waals surface area contributed by atoms with E-state index >= 15 is 0 Å². The quantitative estimate of drug-likeness (QED) is 0.756. The molecule has 5 heteroatoms. The van der Waals surface area contributed by atoms with E-state index < -0.39 is 0 Å². The summed E-state index contributed by atoms with van der Waals surface area (Å²) >= 11 is 5.82. The molecule has 1 fully saturated rings. The average molecular weight is 254 g/mol. The maximum absolute atomic E-state index is 11.9. The van der Waals surface area contributed by atoms with E-state index in [2.05, 4.69) is 5.32 Å². The summed E-state index contributed by atoms with van der Waals surface area (Å²) in [7, 11) is 0. The monoisotopic (exact) mass is 253 g/mol. The molecule has 0 bridgehead atoms. The highest BCUT2D eigenvalue weighted by atomic mass is 35.5. The molecule has 92 valence electrons. The van der Waals surface area contributed by atoms with Gasteiger partial charge in [0.15, 0.2) is 0 Å². The van der Waals surface area contributed by atoms with Crippen molar-refractivity contribution >= 4 is 29.0 Å². The third-order valence-corrected chi connectivity index (χ3v) is 3.23. The summed E-state index contributed by atoms with van der Waals surface area (Å²) in [6, 6.07) is 5.04. The topological polar surface area (TPSA) is 58.4 Å². The van der Waals surface area contributed by atoms with Crippen LogP contribution in [0.25, 0.3) is 0 Å². The van der Waals surface area contributed by atoms with Crippen LogP contribution in [-0.4, -0.2) is 24.0 Å². The molecule has 2 rings (SSSR count). The van der Waals surface area contributed by atoms with Crippen molar-refractivity contribution in [3.63, 3.8) is 0 Å². The standard InChI is InChI=1S/C12H16ClN3O/c13-10-5-4-9(8-11(10)14)15-12(17)16-6-2-1-3-7-16/h4-5,8H,1-3,6-7,14H2,(H,15,17). The Labute approximate surface area is 106 Å². The van der Waals surface area contributed by atoms with Crippen molar-refractivity contribution in [2.75, 3.05) is 24.1 Å². The minimum atomic E-state index is -0.0635. The number of rotatable bonds is 1. The van der Waals surface area contributed by atoms with Gasteiger partial charge in [-0.05, 0) is 37.5 Å². The molecule has 1 aliphatic heterocycles. The first-order valence-electron chi connectivity index (χ1n) is 5.78. The number of anilines is 2. The van der Waals surface area contributed by atoms with Crippen LogP contribution in [0.3, 0.4) is 0 Å². The van der Waals surface area contributed by atoms with Crippen LogP contribution in [0.15, 0.2) is 18.2 Å². The normalized spacial score (nSPS) is 15.7. The molecule has 0 aliphatic carbocycles. The van der Waals surface area contributed by atoms with Gasteiger partial charge in [-0.1, -0.05) is 11.6 Å². The number of benzene rings is 1. The second kappa shape index (κ2) is 5.27. The molecule has 1 aromatic carbocycles. The fraction of sp³-hybridized carbons (Fsp3) is 0.417. The molecule has 0 aromatic heterocycles. The number of hydrogen-bond donors (Lipinski definition) is 2. The van der Waals surface area contributed by atoms with Crippen LogP contribution in [0, 0.1) is 0 Å². The summed E-state index contributed by atoms with van der Waals surface area (Å²) in [6.45, 7) is 1.66. The molecule has 0 radical (unpaired) electrons. The molecule has 0 saturated carbocycles. The van der Waals surface area contributed by atoms with Gasteiger partial charge in [0.2, 0.25) is 0 Å². The van der Waals surface area contributed by atoms with Gasteiger partial charge in [0.1, 0.15) is 0 Å². The van der Waals surface area contributed by atoms with Gasteiger partial charge < -0.3 is 16.0 Å². The number of carbonyl (C=O) groups is 1. The number of nitrogens with one attached hydrogen (secondary N) is 1. The third-order valence-electron chi connectivity index (χ3n) is 2.89. The van der Waals surface area contributed by atoms with Crippen LogP contribution in [-0.2, 0) is 0 Å². The lowest BCUT2D eigenvalue weighted by atomic mass is 10.1. The molecule has 1 aromatic rings. The molecule has 1 heterocycles. The number of piperidine rings is 1. The highest BCUT2D eigenvalue weighted by Crippen LogP contribution is 2.22. The van der Waals surface area contributed by atoms with E-state index in [1.165, 1.54) is 6.42 Å². The highest BCUT2D eigenvalue weighted by Gasteiger charge is 2.16. The Bertz CT molecular complexity index is 416. The lowest BCUT2D eigenvalue weighted by Gasteiger charge is -2.26. The van der Waals surface area contributed by atoms with Crippen molar-refractivity contribution in [1.82, 2.24) is 4.90 Å². The molecule has 2 amide bonds. The number of carbonyl (C=O) groups excluding carboxylic acids is 1. The number of halogens is 1. The van der Waals surface area contributed by atoms with Crippen molar-refractivity contribution in [1.29, 1.82) is 0 Å². The van der Waals surface area contributed by atoms with E-state index in [0.29, 0.717) is 16.4 Å². The van der Waals surface area contributed by atoms with Gasteiger partial charge in [-0.25, -0.2) is 4.79 Å². The van der Waals surface area contributed by atoms with Crippen molar-refractivity contribution < 1.29 is 4.79 Å². The molecule has 0 spiro atoms. The van der Waals surface area contributed by atoms with Crippen molar-refractivity contribution in [3.8, 4) is 0 Å². The largest absolute Gasteiger partial charge is 0.397 e. The predicted octanol–water partition coefficient (Wildman–Crippen LogP) is 2.94. The Balaban J connectivity index is 1.99. The van der Waals surface area contributed by atoms with Crippen LogP contribution in [0.2, 0.25) is 5.02 Å². The highest BCUT2D eigenvalue weighted by molar-refractivity contribution is 6.33. The first kappa shape index (κ1) is 12.0. The average Bonchev–Trinajstić information content (AvgIpc) is 2.35. The Morgan fingerprint density at radius 2 is 2.00 bits per heavy atom. The number of nitrogens with zero attached hydrogens (tertiary/aromatic N) is 1. The number of likely N-dealkylation sites (tertiary alicyclic amines) is 1. The van der Waals surface area contributed by atoms with E-state index in [4.69, 9.17) is 17.3 Å². The SMILES string of the molecule is Nc1cc(NC(=O)N2CCCCC2)ccc1Cl. The third kappa shape index (κ3) is 3.03. The van der Waals surface area contributed by atoms with Gasteiger partial charge in [-0.15, -0.1) is 0 Å². The zero-order chi connectivity index (χ0) is 12.3. The van der Waals surface area contributed by atoms with Gasteiger partial charge in [0.25, 0.3) is 0 Å². The van der Waals surface area contributed by atoms with Gasteiger partial charge in [0, 0.05) is 18.8 Å². The summed E-state index contributed by atoms with van der Waals surface area (Å²) in [4.78, 5) is 13.7. The van der Waals surface area contributed by atoms with E-state index in [9.17, 15) is 4.79 Å². The molecular formula is C12H16ClN3O. The van der Waals surface area contributed by atoms with Gasteiger partial charge in [-0.2, -0.15) is 0 Å². The summed E-state index contributed by atoms with van der Waals surface area (Å²) in [6.07, 6.45) is 3.37. The number of nitrogen functional groups attached to an aromatic ring is 1. The fourth-order valence-corrected chi connectivity index (χ4v) is 2.04. The number of hydrogen-bond acceptors (Lipinski definition) is 2. The maximum Gasteiger partial charge on any atom is 0.321 e. The lowest BCUT2D eigenvalue weighted by Crippen LogP contribution is -2.38. The van der Waals surface area contributed by atoms with Crippen molar-refractivity contribution in [3.05, 3.63) is 23.2 Å². The van der Waals surface area contributed by atoms with E-state index in [1.54, 1.807) is 18.2 Å². The second-order valence-corrected chi connectivity index (χ2v) is 4.62. The Hall–Kier alpha value is -1.42. The smallest absolute Gasteiger partial charge is 0.321 e. The van der Waals surface area contributed by atoms with Crippen LogP contribution >= 0.6 is 11.6 Å². The number of nitrogens with two attached hydrogens (primary N) is 1. The number of urea groups is 1. The Morgan fingerprint density at radius 3 is 2.65 bits per heavy atom. The molecule has 0 atom stereocenters. The van der Waals surface area contributed by atoms with Crippen molar-refractivity contribution in [2.45, 2.75) is 19.3 Å². The van der Waals surface area contributed by atoms with Gasteiger partial charge >= 0.3 is 6.03 Å². The first-order chi connectivity index (χ1) is 8.16. The summed E-state index contributed by atoms with van der Waals surface area (Å²) in [5.74, 6) is 0. The molecule has 17 heavy (non-hydrogen) atoms. The molecule has 3 N–H and O–H groups in total. The summed E-state index contributed by atoms with van der Waals surface area (Å²) in [5.41, 5.74) is 6.84. The maximum atomic E-state index is 11.9. The second-order valence-electron chi connectivity index (χ2n) is 4.21. The van der Waals surface area contributed by atoms with Gasteiger partial charge in [-0.3, -0.25) is 0 Å². The lowest BCUT2D eigenvalue weighted by molar-refractivity contribution is 0.200. The van der Waals surface area contributed by atoms with Crippen molar-refractivity contribution in [2.24, 2.45) is 0 Å². The first-order valence-corrected chi connectivity index (χ1v) is 6.15. The van der Waals surface area contributed by atoms with Crippen LogP contribution in [0.5, 0.6) is 0 Å². The Morgan fingerprint density at radius 1 is 1.29 bits per heavy atom. The van der Waals surface area contributed by atoms with Gasteiger partial charge in [0.05, 0.1) is 10.7 Å². The minimum absolute atomic E-state index is 0.0635. The van der Waals surface area contributed by atoms with E-state index in [0.717, 1.165) is 25.9 Å². The zero-order valence-electron chi connectivity index (χ0n) is 9.58. The minimum Gasteiger partial charge on any atom is -0.397 e. The molecule has 1 saturated heterocycles. The molecule has 1 aliphatic rings. The van der Waals surface area contributed by atoms with Crippen LogP contribution in [0.4, 0.5) is 16.2 Å². The van der Waals surface area contributed by atoms with E-state index in [1.807, 2.05) is 4.90 Å². The zero-order valence-corrected chi connectivity index (χ0v) is 10.3. The molecule has 4 nitrogen and oxygen atoms in total. The van der Waals surface area contributed by atoms with E-state index in [-0.39, 0.29) is 6.03 Å². The van der Waals surface area contributed by atoms with Crippen LogP contribution in [0.1, 0.15) is 19.3 Å². The molecular weight excluding hydrogens is 238 g/mol. The fourth-order valence-electron chi connectivity index (χ4n) is 1.92. The predicted molar refractivity (Wildman–Crippen MR) is 70.3 cm³/mol. The van der Waals surface area contributed by atoms with Crippen LogP contribution < -0.4 is 11.1 Å². The number of amides is 2. The summed E-state index contributed by atoms with van der Waals surface area (Å²) < 4.78 is 0.